The number of rotatable bonds is 1. The van der Waals surface area contributed by atoms with Crippen molar-refractivity contribution in [1.29, 1.82) is 5.26 Å². The van der Waals surface area contributed by atoms with Crippen LogP contribution in [0.2, 0.25) is 0 Å². The molecule has 0 N–H and O–H groups in total. The zero-order valence-electron chi connectivity index (χ0n) is 10.4. The second-order valence-corrected chi connectivity index (χ2v) is 16.8. The summed E-state index contributed by atoms with van der Waals surface area (Å²) < 4.78 is 0.452. The van der Waals surface area contributed by atoms with E-state index in [-0.39, 0.29) is 17.1 Å². The number of carbonyl (C=O) groups excluding carboxylic acids is 1. The summed E-state index contributed by atoms with van der Waals surface area (Å²) in [6, 6.07) is 2.17. The van der Waals surface area contributed by atoms with Gasteiger partial charge < -0.3 is 0 Å². The van der Waals surface area contributed by atoms with E-state index in [1.807, 2.05) is 0 Å². The normalized spacial score (nSPS) is 23.4. The van der Waals surface area contributed by atoms with Gasteiger partial charge in [-0.25, -0.2) is 0 Å². The van der Waals surface area contributed by atoms with Gasteiger partial charge in [0, 0.05) is 12.8 Å². The molecule has 1 unspecified atom stereocenters. The van der Waals surface area contributed by atoms with Gasteiger partial charge in [-0.2, -0.15) is 5.26 Å². The van der Waals surface area contributed by atoms with Gasteiger partial charge in [-0.05, 0) is 18.3 Å². The van der Waals surface area contributed by atoms with Crippen molar-refractivity contribution in [3.63, 3.8) is 0 Å². The largest absolute Gasteiger partial charge is 0.300 e. The van der Waals surface area contributed by atoms with Crippen LogP contribution in [-0.4, -0.2) is 5.22 Å². The van der Waals surface area contributed by atoms with Crippen LogP contribution >= 0.6 is 67.8 Å². The highest BCUT2D eigenvalue weighted by atomic mass is 127. The van der Waals surface area contributed by atoms with Crippen molar-refractivity contribution in [2.24, 2.45) is 11.3 Å². The summed E-state index contributed by atoms with van der Waals surface area (Å²) in [5.74, 6) is 0.207. The number of hydrogen-bond donors (Lipinski definition) is 0. The molecule has 1 aliphatic carbocycles. The van der Waals surface area contributed by atoms with E-state index in [9.17, 15) is 4.79 Å². The molecular weight excluding hydrogens is 555 g/mol. The van der Waals surface area contributed by atoms with Crippen LogP contribution in [0.5, 0.6) is 0 Å². The van der Waals surface area contributed by atoms with E-state index in [0.29, 0.717) is 12.3 Å². The maximum Gasteiger partial charge on any atom is 0.134 e. The monoisotopic (exact) mass is 573 g/mol. The van der Waals surface area contributed by atoms with E-state index in [2.05, 4.69) is 94.6 Å². The second kappa shape index (κ2) is 7.82. The molecule has 0 heterocycles. The second-order valence-electron chi connectivity index (χ2n) is 5.08. The minimum atomic E-state index is -0.0359. The van der Waals surface area contributed by atoms with Gasteiger partial charge in [-0.15, -0.1) is 0 Å². The highest BCUT2D eigenvalue weighted by Gasteiger charge is 2.32. The van der Waals surface area contributed by atoms with Crippen LogP contribution in [-0.2, 0) is 4.79 Å². The van der Waals surface area contributed by atoms with E-state index in [4.69, 9.17) is 5.26 Å². The van der Waals surface area contributed by atoms with Gasteiger partial charge in [0.2, 0.25) is 0 Å². The first kappa shape index (κ1) is 18.4. The number of alkyl halides is 3. The summed E-state index contributed by atoms with van der Waals surface area (Å²) >= 11 is 7.24. The number of halogens is 3. The van der Waals surface area contributed by atoms with E-state index in [1.165, 1.54) is 6.42 Å². The van der Waals surface area contributed by atoms with Gasteiger partial charge in [0.15, 0.2) is 0 Å². The summed E-state index contributed by atoms with van der Waals surface area (Å²) in [5, 5.41) is 8.64. The Balaban J connectivity index is 0.000000366. The third-order valence-electron chi connectivity index (χ3n) is 2.53. The smallest absolute Gasteiger partial charge is 0.134 e. The van der Waals surface area contributed by atoms with Crippen molar-refractivity contribution in [2.45, 2.75) is 45.9 Å². The first-order valence-electron chi connectivity index (χ1n) is 5.57. The standard InChI is InChI=1S/C9H13NO.C3H5I3/c1-9(2)4-7(6-10)3-8(11)5-9;1-2-3(4,5)6/h7H,3-5H2,1-2H3;2H2,1H3. The fraction of sp³-hybridized carbons (Fsp3) is 0.833. The predicted molar refractivity (Wildman–Crippen MR) is 96.8 cm³/mol. The predicted octanol–water partition coefficient (Wildman–Crippen LogP) is 5.26. The van der Waals surface area contributed by atoms with Crippen molar-refractivity contribution < 1.29 is 4.79 Å². The Kier molecular flexibility index (Phi) is 8.44. The highest BCUT2D eigenvalue weighted by Crippen LogP contribution is 2.38. The Morgan fingerprint density at radius 3 is 2.24 bits per heavy atom. The van der Waals surface area contributed by atoms with Crippen LogP contribution in [0.1, 0.15) is 46.5 Å². The lowest BCUT2D eigenvalue weighted by Crippen LogP contribution is -2.28. The molecule has 1 aliphatic rings. The maximum absolute atomic E-state index is 11.1. The topological polar surface area (TPSA) is 40.9 Å². The molecular formula is C12H18I3NO. The van der Waals surface area contributed by atoms with Crippen molar-refractivity contribution >= 4 is 73.6 Å². The first-order chi connectivity index (χ1) is 7.59. The summed E-state index contributed by atoms with van der Waals surface area (Å²) in [4.78, 5) is 11.1. The summed E-state index contributed by atoms with van der Waals surface area (Å²) in [6.07, 6.45) is 3.22. The average Bonchev–Trinajstić information content (AvgIpc) is 2.14. The molecule has 0 radical (unpaired) electrons. The number of nitrogens with zero attached hydrogens (tertiary/aromatic N) is 1. The minimum absolute atomic E-state index is 0.0359. The zero-order chi connectivity index (χ0) is 13.7. The molecule has 1 atom stereocenters. The van der Waals surface area contributed by atoms with E-state index >= 15 is 0 Å². The Hall–Kier alpha value is 1.35. The number of nitriles is 1. The molecule has 17 heavy (non-hydrogen) atoms. The van der Waals surface area contributed by atoms with E-state index < -0.39 is 0 Å². The van der Waals surface area contributed by atoms with Crippen LogP contribution < -0.4 is 0 Å². The van der Waals surface area contributed by atoms with Crippen molar-refractivity contribution in [1.82, 2.24) is 0 Å². The lowest BCUT2D eigenvalue weighted by molar-refractivity contribution is -0.124. The fourth-order valence-electron chi connectivity index (χ4n) is 1.78. The third-order valence-corrected chi connectivity index (χ3v) is 4.82. The highest BCUT2D eigenvalue weighted by molar-refractivity contribution is 14.3. The quantitative estimate of drug-likeness (QED) is 0.318. The molecule has 0 aromatic heterocycles. The molecule has 0 aromatic rings. The molecule has 0 spiro atoms. The molecule has 1 rings (SSSR count). The molecule has 0 saturated heterocycles. The third kappa shape index (κ3) is 9.87. The van der Waals surface area contributed by atoms with Gasteiger partial charge in [0.1, 0.15) is 5.22 Å². The van der Waals surface area contributed by atoms with Crippen LogP contribution in [0, 0.1) is 22.7 Å². The molecule has 0 amide bonds. The molecule has 2 nitrogen and oxygen atoms in total. The van der Waals surface area contributed by atoms with Crippen molar-refractivity contribution in [3.8, 4) is 6.07 Å². The van der Waals surface area contributed by atoms with E-state index in [1.54, 1.807) is 0 Å². The molecule has 5 heteroatoms. The average molecular weight is 573 g/mol. The van der Waals surface area contributed by atoms with Crippen LogP contribution in [0.25, 0.3) is 0 Å². The number of hydrogen-bond acceptors (Lipinski definition) is 2. The first-order valence-corrected chi connectivity index (χ1v) is 8.81. The van der Waals surface area contributed by atoms with Crippen LogP contribution in [0.3, 0.4) is 0 Å². The number of carbonyl (C=O) groups is 1. The number of Topliss-reactive ketones (excluding diaryl/α,β-unsaturated/α-hetero) is 1. The minimum Gasteiger partial charge on any atom is -0.300 e. The molecule has 0 aliphatic heterocycles. The van der Waals surface area contributed by atoms with Gasteiger partial charge in [0.05, 0.1) is 12.0 Å². The van der Waals surface area contributed by atoms with E-state index in [0.717, 1.165) is 6.42 Å². The molecule has 1 fully saturated rings. The SMILES string of the molecule is CC1(C)CC(=O)CC(C#N)C1.CCC(I)(I)I. The van der Waals surface area contributed by atoms with Crippen LogP contribution in [0.15, 0.2) is 0 Å². The van der Waals surface area contributed by atoms with Crippen molar-refractivity contribution in [2.75, 3.05) is 0 Å². The Morgan fingerprint density at radius 1 is 1.47 bits per heavy atom. The Morgan fingerprint density at radius 2 is 1.94 bits per heavy atom. The van der Waals surface area contributed by atoms with Gasteiger partial charge in [-0.3, -0.25) is 4.79 Å². The lowest BCUT2D eigenvalue weighted by Gasteiger charge is -2.30. The molecule has 1 saturated carbocycles. The van der Waals surface area contributed by atoms with Crippen molar-refractivity contribution in [3.05, 3.63) is 0 Å². The molecule has 0 bridgehead atoms. The molecule has 98 valence electrons. The summed E-state index contributed by atoms with van der Waals surface area (Å²) in [5.41, 5.74) is 0.0513. The Labute approximate surface area is 145 Å². The summed E-state index contributed by atoms with van der Waals surface area (Å²) in [6.45, 7) is 6.29. The van der Waals surface area contributed by atoms with Gasteiger partial charge in [0.25, 0.3) is 0 Å². The lowest BCUT2D eigenvalue weighted by atomic mass is 9.72. The van der Waals surface area contributed by atoms with Crippen LogP contribution in [0.4, 0.5) is 0 Å². The van der Waals surface area contributed by atoms with Gasteiger partial charge >= 0.3 is 0 Å². The van der Waals surface area contributed by atoms with Gasteiger partial charge in [-0.1, -0.05) is 88.5 Å². The fourth-order valence-corrected chi connectivity index (χ4v) is 1.78. The maximum atomic E-state index is 11.1. The Bertz CT molecular complexity index is 302. The summed E-state index contributed by atoms with van der Waals surface area (Å²) in [7, 11) is 0. The zero-order valence-corrected chi connectivity index (χ0v) is 16.9. The molecule has 0 aromatic carbocycles. The number of ketones is 1.